The number of esters is 2. The van der Waals surface area contributed by atoms with Gasteiger partial charge in [-0.05, 0) is 103 Å². The lowest BCUT2D eigenvalue weighted by atomic mass is 10.0. The highest BCUT2D eigenvalue weighted by atomic mass is 16.6. The molecule has 0 aromatic rings. The van der Waals surface area contributed by atoms with Crippen LogP contribution < -0.4 is 0 Å². The van der Waals surface area contributed by atoms with Gasteiger partial charge in [0.15, 0.2) is 6.10 Å². The van der Waals surface area contributed by atoms with E-state index in [4.69, 9.17) is 9.47 Å². The number of hydrogen-bond acceptors (Lipinski definition) is 5. The minimum atomic E-state index is -0.781. The molecule has 0 fully saturated rings. The van der Waals surface area contributed by atoms with E-state index >= 15 is 0 Å². The monoisotopic (exact) mass is 1200 g/mol. The summed E-state index contributed by atoms with van der Waals surface area (Å²) in [6, 6.07) is 0. The molecule has 0 spiro atoms. The van der Waals surface area contributed by atoms with Gasteiger partial charge in [-0.15, -0.1) is 0 Å². The first-order valence-electron chi connectivity index (χ1n) is 37.4. The van der Waals surface area contributed by atoms with Crippen molar-refractivity contribution in [1.82, 2.24) is 0 Å². The molecular weight excluding hydrogens is 1050 g/mol. The number of allylic oxidation sites excluding steroid dienone is 18. The largest absolute Gasteiger partial charge is 0.462 e. The van der Waals surface area contributed by atoms with Crippen LogP contribution in [0.15, 0.2) is 109 Å². The third-order valence-electron chi connectivity index (χ3n) is 16.6. The lowest BCUT2D eigenvalue weighted by Gasteiger charge is -2.15. The fourth-order valence-corrected chi connectivity index (χ4v) is 11.0. The van der Waals surface area contributed by atoms with Gasteiger partial charge in [0.25, 0.3) is 0 Å². The smallest absolute Gasteiger partial charge is 0.306 e. The zero-order valence-electron chi connectivity index (χ0n) is 57.1. The van der Waals surface area contributed by atoms with Crippen molar-refractivity contribution in [2.24, 2.45) is 0 Å². The maximum absolute atomic E-state index is 12.4. The predicted octanol–water partition coefficient (Wildman–Crippen LogP) is 26.3. The number of unbranched alkanes of at least 4 members (excludes halogenated alkanes) is 43. The number of carbonyl (C=O) groups is 2. The average Bonchev–Trinajstić information content (AvgIpc) is 3.55. The van der Waals surface area contributed by atoms with Crippen LogP contribution in [-0.2, 0) is 19.1 Å². The number of aliphatic hydroxyl groups is 1. The van der Waals surface area contributed by atoms with Gasteiger partial charge in [-0.1, -0.05) is 367 Å². The first kappa shape index (κ1) is 82.6. The van der Waals surface area contributed by atoms with Gasteiger partial charge in [-0.3, -0.25) is 9.59 Å². The number of rotatable bonds is 69. The van der Waals surface area contributed by atoms with Crippen molar-refractivity contribution in [3.05, 3.63) is 109 Å². The number of ether oxygens (including phenoxy) is 2. The van der Waals surface area contributed by atoms with E-state index in [0.29, 0.717) is 12.8 Å². The fraction of sp³-hybridized carbons (Fsp3) is 0.753. The third kappa shape index (κ3) is 73.0. The van der Waals surface area contributed by atoms with Crippen LogP contribution in [0.1, 0.15) is 373 Å². The van der Waals surface area contributed by atoms with Crippen molar-refractivity contribution in [2.45, 2.75) is 380 Å². The highest BCUT2D eigenvalue weighted by Gasteiger charge is 2.16. The lowest BCUT2D eigenvalue weighted by molar-refractivity contribution is -0.161. The number of hydrogen-bond donors (Lipinski definition) is 1. The topological polar surface area (TPSA) is 72.8 Å². The summed E-state index contributed by atoms with van der Waals surface area (Å²) in [5.41, 5.74) is 0. The molecule has 5 nitrogen and oxygen atoms in total. The van der Waals surface area contributed by atoms with E-state index < -0.39 is 6.10 Å². The summed E-state index contributed by atoms with van der Waals surface area (Å²) < 4.78 is 10.8. The molecule has 0 aromatic carbocycles. The predicted molar refractivity (Wildman–Crippen MR) is 380 cm³/mol. The summed E-state index contributed by atoms with van der Waals surface area (Å²) in [7, 11) is 0. The normalized spacial score (nSPS) is 12.8. The Kier molecular flexibility index (Phi) is 72.8. The minimum Gasteiger partial charge on any atom is -0.462 e. The van der Waals surface area contributed by atoms with Gasteiger partial charge in [0, 0.05) is 12.8 Å². The van der Waals surface area contributed by atoms with E-state index in [-0.39, 0.29) is 25.2 Å². The summed E-state index contributed by atoms with van der Waals surface area (Å²) in [6.07, 6.45) is 110. The molecule has 0 aliphatic rings. The molecule has 1 N–H and O–H groups in total. The molecule has 0 rings (SSSR count). The summed E-state index contributed by atoms with van der Waals surface area (Å²) in [5, 5.41) is 9.72. The second-order valence-electron chi connectivity index (χ2n) is 25.0. The number of aliphatic hydroxyl groups excluding tert-OH is 1. The Morgan fingerprint density at radius 2 is 0.500 bits per heavy atom. The first-order chi connectivity index (χ1) is 42.6. The Hall–Kier alpha value is -3.44. The Balaban J connectivity index is 3.46. The minimum absolute atomic E-state index is 0.0685. The summed E-state index contributed by atoms with van der Waals surface area (Å²) >= 11 is 0. The summed E-state index contributed by atoms with van der Waals surface area (Å²) in [6.45, 7) is 4.06. The van der Waals surface area contributed by atoms with Gasteiger partial charge in [0.05, 0.1) is 6.61 Å². The number of carbonyl (C=O) groups excluding carboxylic acids is 2. The van der Waals surface area contributed by atoms with Crippen LogP contribution in [0.3, 0.4) is 0 Å². The van der Waals surface area contributed by atoms with Crippen molar-refractivity contribution in [3.8, 4) is 0 Å². The van der Waals surface area contributed by atoms with Crippen LogP contribution >= 0.6 is 0 Å². The molecule has 0 heterocycles. The zero-order valence-corrected chi connectivity index (χ0v) is 57.1. The van der Waals surface area contributed by atoms with Crippen molar-refractivity contribution in [1.29, 1.82) is 0 Å². The summed E-state index contributed by atoms with van der Waals surface area (Å²) in [4.78, 5) is 24.7. The Bertz CT molecular complexity index is 1640. The van der Waals surface area contributed by atoms with Crippen molar-refractivity contribution >= 4 is 11.9 Å². The molecule has 0 bridgehead atoms. The lowest BCUT2D eigenvalue weighted by Crippen LogP contribution is -2.28. The molecule has 0 radical (unpaired) electrons. The van der Waals surface area contributed by atoms with E-state index in [1.165, 1.54) is 257 Å². The maximum atomic E-state index is 12.4. The van der Waals surface area contributed by atoms with Gasteiger partial charge in [0.1, 0.15) is 6.61 Å². The highest BCUT2D eigenvalue weighted by Crippen LogP contribution is 2.18. The second kappa shape index (κ2) is 75.8. The molecule has 0 aromatic heterocycles. The van der Waals surface area contributed by atoms with Crippen LogP contribution in [0.4, 0.5) is 0 Å². The van der Waals surface area contributed by atoms with Gasteiger partial charge in [-0.25, -0.2) is 0 Å². The second-order valence-corrected chi connectivity index (χ2v) is 25.0. The quantitative estimate of drug-likeness (QED) is 0.0373. The van der Waals surface area contributed by atoms with E-state index in [9.17, 15) is 14.7 Å². The van der Waals surface area contributed by atoms with E-state index in [1.54, 1.807) is 0 Å². The highest BCUT2D eigenvalue weighted by molar-refractivity contribution is 5.70. The van der Waals surface area contributed by atoms with Gasteiger partial charge < -0.3 is 14.6 Å². The average molecular weight is 1200 g/mol. The van der Waals surface area contributed by atoms with Gasteiger partial charge in [-0.2, -0.15) is 0 Å². The molecule has 496 valence electrons. The van der Waals surface area contributed by atoms with Crippen LogP contribution in [0, 0.1) is 0 Å². The molecule has 5 heteroatoms. The standard InChI is InChI=1S/C81H142O5/c1-3-5-7-9-11-13-15-17-19-21-23-25-27-29-31-33-35-37-39-40-42-43-45-47-49-51-53-55-57-59-61-63-65-67-69-71-73-75-80(83)85-78-79(77-82)86-81(84)76-74-72-70-68-66-64-62-60-58-56-54-52-50-48-46-44-41-38-36-34-32-30-28-26-24-22-20-18-16-14-12-10-8-6-4-2/h6,8,12,14,18,20-21,23-24,26,30,32,36,38,44,46,50,52,79,82H,3-5,7,9-11,13,15-17,19,22,25,27-29,31,33-35,37,39-43,45,47-49,51,53-78H2,1-2H3/b8-6-,14-12-,20-18-,23-21-,26-24-,32-30-,38-36-,46-44-,52-50-. The van der Waals surface area contributed by atoms with Crippen LogP contribution in [0.25, 0.3) is 0 Å². The Morgan fingerprint density at radius 1 is 0.279 bits per heavy atom. The Labute approximate surface area is 535 Å². The van der Waals surface area contributed by atoms with Crippen molar-refractivity contribution < 1.29 is 24.2 Å². The fourth-order valence-electron chi connectivity index (χ4n) is 11.0. The maximum Gasteiger partial charge on any atom is 0.306 e. The van der Waals surface area contributed by atoms with Crippen LogP contribution in [0.5, 0.6) is 0 Å². The molecule has 0 saturated heterocycles. The van der Waals surface area contributed by atoms with E-state index in [0.717, 1.165) is 89.9 Å². The van der Waals surface area contributed by atoms with Gasteiger partial charge >= 0.3 is 11.9 Å². The van der Waals surface area contributed by atoms with E-state index in [2.05, 4.69) is 123 Å². The molecule has 86 heavy (non-hydrogen) atoms. The third-order valence-corrected chi connectivity index (χ3v) is 16.6. The Morgan fingerprint density at radius 3 is 0.767 bits per heavy atom. The van der Waals surface area contributed by atoms with Crippen molar-refractivity contribution in [2.75, 3.05) is 13.2 Å². The molecule has 1 unspecified atom stereocenters. The molecule has 0 aliphatic heterocycles. The first-order valence-corrected chi connectivity index (χ1v) is 37.4. The van der Waals surface area contributed by atoms with Gasteiger partial charge in [0.2, 0.25) is 0 Å². The SMILES string of the molecule is CC/C=C\C/C=C\C/C=C\C/C=C\C/C=C\C/C=C\C/C=C\C/C=C\CCCCCCCCCCCCC(=O)OC(CO)COC(=O)CCCCCCCCCCCCCCCCCCCCCCCCCCC/C=C\CCCCCCCCCC. The van der Waals surface area contributed by atoms with Crippen molar-refractivity contribution in [3.63, 3.8) is 0 Å². The molecule has 0 aliphatic carbocycles. The molecule has 1 atom stereocenters. The molecular formula is C81H142O5. The molecule has 0 amide bonds. The van der Waals surface area contributed by atoms with Crippen LogP contribution in [0.2, 0.25) is 0 Å². The zero-order chi connectivity index (χ0) is 61.9. The molecule has 0 saturated carbocycles. The van der Waals surface area contributed by atoms with E-state index in [1.807, 2.05) is 0 Å². The summed E-state index contributed by atoms with van der Waals surface area (Å²) in [5.74, 6) is -0.584. The van der Waals surface area contributed by atoms with Crippen LogP contribution in [-0.4, -0.2) is 36.4 Å².